The molecule has 21 heavy (non-hydrogen) atoms. The normalized spacial score (nSPS) is 10.7. The molecule has 2 aromatic rings. The Hall–Kier alpha value is -1.87. The second kappa shape index (κ2) is 7.23. The average molecular weight is 284 g/mol. The van der Waals surface area contributed by atoms with Gasteiger partial charge in [-0.05, 0) is 62.6 Å². The molecule has 1 heterocycles. The number of benzene rings is 1. The molecule has 0 radical (unpaired) electrons. The van der Waals surface area contributed by atoms with Gasteiger partial charge < -0.3 is 10.1 Å². The second-order valence-corrected chi connectivity index (χ2v) is 5.50. The lowest BCUT2D eigenvalue weighted by molar-refractivity contribution is 0.460. The van der Waals surface area contributed by atoms with Crippen LogP contribution in [-0.2, 0) is 6.54 Å². The molecule has 0 saturated carbocycles. The lowest BCUT2D eigenvalue weighted by Crippen LogP contribution is -2.15. The van der Waals surface area contributed by atoms with E-state index >= 15 is 0 Å². The maximum atomic E-state index is 5.87. The number of ether oxygens (including phenoxy) is 1. The lowest BCUT2D eigenvalue weighted by Gasteiger charge is -2.10. The number of nitrogens with one attached hydrogen (secondary N) is 1. The van der Waals surface area contributed by atoms with Crippen LogP contribution < -0.4 is 10.1 Å². The first kappa shape index (κ1) is 15.5. The summed E-state index contributed by atoms with van der Waals surface area (Å²) in [5, 5.41) is 3.40. The molecule has 0 atom stereocenters. The number of aryl methyl sites for hydroxylation is 3. The summed E-state index contributed by atoms with van der Waals surface area (Å²) < 4.78 is 5.87. The maximum Gasteiger partial charge on any atom is 0.219 e. The van der Waals surface area contributed by atoms with Crippen LogP contribution in [0.4, 0.5) is 0 Å². The molecule has 3 nitrogen and oxygen atoms in total. The Morgan fingerprint density at radius 2 is 1.76 bits per heavy atom. The minimum atomic E-state index is 0.650. The number of nitrogens with zero attached hydrogens (tertiary/aromatic N) is 1. The largest absolute Gasteiger partial charge is 0.439 e. The number of hydrogen-bond acceptors (Lipinski definition) is 3. The zero-order chi connectivity index (χ0) is 15.2. The summed E-state index contributed by atoms with van der Waals surface area (Å²) in [4.78, 5) is 4.54. The molecule has 0 fully saturated rings. The summed E-state index contributed by atoms with van der Waals surface area (Å²) in [6, 6.07) is 10.2. The highest BCUT2D eigenvalue weighted by molar-refractivity contribution is 5.36. The molecule has 0 unspecified atom stereocenters. The van der Waals surface area contributed by atoms with E-state index in [1.54, 1.807) is 0 Å². The van der Waals surface area contributed by atoms with Crippen LogP contribution >= 0.6 is 0 Å². The van der Waals surface area contributed by atoms with E-state index in [0.29, 0.717) is 5.88 Å². The van der Waals surface area contributed by atoms with Crippen molar-refractivity contribution in [1.82, 2.24) is 10.3 Å². The van der Waals surface area contributed by atoms with Crippen molar-refractivity contribution in [2.75, 3.05) is 6.54 Å². The van der Waals surface area contributed by atoms with Crippen molar-refractivity contribution in [2.45, 2.75) is 40.7 Å². The van der Waals surface area contributed by atoms with Gasteiger partial charge in [-0.3, -0.25) is 0 Å². The predicted molar refractivity (Wildman–Crippen MR) is 87.0 cm³/mol. The quantitative estimate of drug-likeness (QED) is 0.803. The first-order valence-electron chi connectivity index (χ1n) is 7.52. The SMILES string of the molecule is CCCNCc1ccc(Oc2cc(C)cc(C)c2)nc1C. The van der Waals surface area contributed by atoms with Crippen molar-refractivity contribution >= 4 is 0 Å². The zero-order valence-corrected chi connectivity index (χ0v) is 13.4. The molecule has 0 bridgehead atoms. The van der Waals surface area contributed by atoms with Crippen LogP contribution in [0, 0.1) is 20.8 Å². The number of aromatic nitrogens is 1. The average Bonchev–Trinajstić information content (AvgIpc) is 2.40. The molecule has 1 aromatic heterocycles. The van der Waals surface area contributed by atoms with Crippen LogP contribution in [0.5, 0.6) is 11.6 Å². The molecule has 112 valence electrons. The Balaban J connectivity index is 2.09. The molecule has 0 aliphatic carbocycles. The highest BCUT2D eigenvalue weighted by Gasteiger charge is 2.04. The predicted octanol–water partition coefficient (Wildman–Crippen LogP) is 4.30. The number of pyridine rings is 1. The Bertz CT molecular complexity index is 588. The van der Waals surface area contributed by atoms with Crippen LogP contribution in [0.2, 0.25) is 0 Å². The van der Waals surface area contributed by atoms with Crippen molar-refractivity contribution in [1.29, 1.82) is 0 Å². The summed E-state index contributed by atoms with van der Waals surface area (Å²) in [7, 11) is 0. The van der Waals surface area contributed by atoms with Gasteiger partial charge in [0.1, 0.15) is 5.75 Å². The van der Waals surface area contributed by atoms with Gasteiger partial charge in [0.15, 0.2) is 0 Å². The van der Waals surface area contributed by atoms with E-state index in [-0.39, 0.29) is 0 Å². The van der Waals surface area contributed by atoms with Gasteiger partial charge in [0, 0.05) is 18.3 Å². The molecule has 0 aliphatic rings. The third-order valence-corrected chi connectivity index (χ3v) is 3.33. The molecule has 2 rings (SSSR count). The Labute approximate surface area is 127 Å². The van der Waals surface area contributed by atoms with Crippen LogP contribution in [0.3, 0.4) is 0 Å². The lowest BCUT2D eigenvalue weighted by atomic mass is 10.1. The number of hydrogen-bond donors (Lipinski definition) is 1. The van der Waals surface area contributed by atoms with Crippen LogP contribution in [0.15, 0.2) is 30.3 Å². The number of rotatable bonds is 6. The fourth-order valence-electron chi connectivity index (χ4n) is 2.32. The highest BCUT2D eigenvalue weighted by atomic mass is 16.5. The Morgan fingerprint density at radius 1 is 1.05 bits per heavy atom. The van der Waals surface area contributed by atoms with Crippen LogP contribution in [0.1, 0.15) is 35.7 Å². The van der Waals surface area contributed by atoms with Gasteiger partial charge in [0.05, 0.1) is 0 Å². The zero-order valence-electron chi connectivity index (χ0n) is 13.4. The summed E-state index contributed by atoms with van der Waals surface area (Å²) in [6.45, 7) is 10.2. The molecule has 0 aliphatic heterocycles. The molecule has 1 aromatic carbocycles. The van der Waals surface area contributed by atoms with Gasteiger partial charge in [0.2, 0.25) is 5.88 Å². The van der Waals surface area contributed by atoms with Gasteiger partial charge in [-0.15, -0.1) is 0 Å². The molecular formula is C18H24N2O. The van der Waals surface area contributed by atoms with E-state index in [1.165, 1.54) is 16.7 Å². The maximum absolute atomic E-state index is 5.87. The minimum Gasteiger partial charge on any atom is -0.439 e. The second-order valence-electron chi connectivity index (χ2n) is 5.50. The van der Waals surface area contributed by atoms with Crippen LogP contribution in [0.25, 0.3) is 0 Å². The van der Waals surface area contributed by atoms with E-state index < -0.39 is 0 Å². The van der Waals surface area contributed by atoms with Crippen molar-refractivity contribution in [3.8, 4) is 11.6 Å². The first-order chi connectivity index (χ1) is 10.1. The fraction of sp³-hybridized carbons (Fsp3) is 0.389. The van der Waals surface area contributed by atoms with E-state index in [9.17, 15) is 0 Å². The first-order valence-corrected chi connectivity index (χ1v) is 7.52. The van der Waals surface area contributed by atoms with E-state index in [0.717, 1.165) is 31.0 Å². The van der Waals surface area contributed by atoms with Gasteiger partial charge in [-0.2, -0.15) is 0 Å². The van der Waals surface area contributed by atoms with E-state index in [4.69, 9.17) is 4.74 Å². The molecular weight excluding hydrogens is 260 g/mol. The molecule has 1 N–H and O–H groups in total. The minimum absolute atomic E-state index is 0.650. The monoisotopic (exact) mass is 284 g/mol. The van der Waals surface area contributed by atoms with Crippen molar-refractivity contribution in [3.05, 3.63) is 52.7 Å². The summed E-state index contributed by atoms with van der Waals surface area (Å²) in [5.74, 6) is 1.49. The third kappa shape index (κ3) is 4.57. The summed E-state index contributed by atoms with van der Waals surface area (Å²) >= 11 is 0. The molecule has 0 spiro atoms. The standard InChI is InChI=1S/C18H24N2O/c1-5-8-19-12-16-6-7-18(20-15(16)4)21-17-10-13(2)9-14(3)11-17/h6-7,9-11,19H,5,8,12H2,1-4H3. The van der Waals surface area contributed by atoms with E-state index in [1.807, 2.05) is 25.1 Å². The topological polar surface area (TPSA) is 34.1 Å². The van der Waals surface area contributed by atoms with Crippen molar-refractivity contribution in [3.63, 3.8) is 0 Å². The molecule has 0 amide bonds. The summed E-state index contributed by atoms with van der Waals surface area (Å²) in [5.41, 5.74) is 4.63. The van der Waals surface area contributed by atoms with Crippen molar-refractivity contribution < 1.29 is 4.74 Å². The Kier molecular flexibility index (Phi) is 5.34. The smallest absolute Gasteiger partial charge is 0.219 e. The third-order valence-electron chi connectivity index (χ3n) is 3.33. The van der Waals surface area contributed by atoms with Crippen molar-refractivity contribution in [2.24, 2.45) is 0 Å². The van der Waals surface area contributed by atoms with Gasteiger partial charge in [-0.25, -0.2) is 4.98 Å². The molecule has 3 heteroatoms. The van der Waals surface area contributed by atoms with Crippen LogP contribution in [-0.4, -0.2) is 11.5 Å². The fourth-order valence-corrected chi connectivity index (χ4v) is 2.32. The Morgan fingerprint density at radius 3 is 2.38 bits per heavy atom. The molecule has 0 saturated heterocycles. The van der Waals surface area contributed by atoms with E-state index in [2.05, 4.69) is 43.2 Å². The van der Waals surface area contributed by atoms with Gasteiger partial charge in [-0.1, -0.05) is 19.1 Å². The summed E-state index contributed by atoms with van der Waals surface area (Å²) in [6.07, 6.45) is 1.14. The highest BCUT2D eigenvalue weighted by Crippen LogP contribution is 2.23. The van der Waals surface area contributed by atoms with Gasteiger partial charge >= 0.3 is 0 Å². The van der Waals surface area contributed by atoms with Gasteiger partial charge in [0.25, 0.3) is 0 Å².